The van der Waals surface area contributed by atoms with Crippen molar-refractivity contribution in [1.82, 2.24) is 0 Å². The van der Waals surface area contributed by atoms with Gasteiger partial charge in [0.15, 0.2) is 0 Å². The highest BCUT2D eigenvalue weighted by atomic mass is 79.9. The fraction of sp³-hybridized carbons (Fsp3) is 0.400. The zero-order valence-corrected chi connectivity index (χ0v) is 9.78. The van der Waals surface area contributed by atoms with Gasteiger partial charge in [-0.05, 0) is 40.5 Å². The number of aliphatic hydroxyl groups is 1. The summed E-state index contributed by atoms with van der Waals surface area (Å²) >= 11 is 3.35. The van der Waals surface area contributed by atoms with Crippen LogP contribution in [0.15, 0.2) is 22.7 Å². The molecule has 14 heavy (non-hydrogen) atoms. The number of benzene rings is 1. The first-order valence-electron chi connectivity index (χ1n) is 4.33. The van der Waals surface area contributed by atoms with E-state index in [9.17, 15) is 5.11 Å². The predicted octanol–water partition coefficient (Wildman–Crippen LogP) is 1.84. The maximum atomic E-state index is 9.70. The second-order valence-corrected chi connectivity index (χ2v) is 4.05. The fourth-order valence-electron chi connectivity index (χ4n) is 1.17. The molecule has 0 heterocycles. The highest BCUT2D eigenvalue weighted by Crippen LogP contribution is 2.28. The van der Waals surface area contributed by atoms with Gasteiger partial charge in [0.25, 0.3) is 0 Å². The molecule has 0 aliphatic carbocycles. The Kier molecular flexibility index (Phi) is 3.92. The van der Waals surface area contributed by atoms with Gasteiger partial charge in [-0.15, -0.1) is 0 Å². The van der Waals surface area contributed by atoms with E-state index in [4.69, 9.17) is 10.5 Å². The molecule has 0 saturated carbocycles. The molecule has 0 spiro atoms. The monoisotopic (exact) mass is 259 g/mol. The molecule has 1 aromatic rings. The molecule has 0 aliphatic heterocycles. The molecule has 1 aromatic carbocycles. The molecule has 3 N–H and O–H groups in total. The third-order valence-corrected chi connectivity index (χ3v) is 2.64. The van der Waals surface area contributed by atoms with Crippen LogP contribution < -0.4 is 10.5 Å². The minimum atomic E-state index is -0.641. The fourth-order valence-corrected chi connectivity index (χ4v) is 1.73. The maximum Gasteiger partial charge on any atom is 0.133 e. The largest absolute Gasteiger partial charge is 0.496 e. The Morgan fingerprint density at radius 3 is 2.57 bits per heavy atom. The van der Waals surface area contributed by atoms with Gasteiger partial charge in [0.05, 0.1) is 17.7 Å². The van der Waals surface area contributed by atoms with Gasteiger partial charge in [-0.1, -0.05) is 6.07 Å². The van der Waals surface area contributed by atoms with E-state index in [-0.39, 0.29) is 6.04 Å². The van der Waals surface area contributed by atoms with Crippen LogP contribution in [0.1, 0.15) is 18.6 Å². The van der Waals surface area contributed by atoms with Crippen LogP contribution in [-0.4, -0.2) is 18.3 Å². The summed E-state index contributed by atoms with van der Waals surface area (Å²) in [6.07, 6.45) is -0.641. The molecule has 0 amide bonds. The summed E-state index contributed by atoms with van der Waals surface area (Å²) in [6.45, 7) is 1.77. The minimum absolute atomic E-state index is 0.282. The second-order valence-electron chi connectivity index (χ2n) is 3.20. The van der Waals surface area contributed by atoms with Crippen LogP contribution in [0.2, 0.25) is 0 Å². The lowest BCUT2D eigenvalue weighted by molar-refractivity contribution is 0.153. The lowest BCUT2D eigenvalue weighted by atomic mass is 10.0. The predicted molar refractivity (Wildman–Crippen MR) is 59.3 cm³/mol. The maximum absolute atomic E-state index is 9.70. The molecule has 0 bridgehead atoms. The number of hydrogen-bond acceptors (Lipinski definition) is 3. The molecule has 0 fully saturated rings. The SMILES string of the molecule is COc1ccc(C(O)C(C)N)cc1Br. The van der Waals surface area contributed by atoms with Gasteiger partial charge in [-0.3, -0.25) is 0 Å². The van der Waals surface area contributed by atoms with Crippen molar-refractivity contribution >= 4 is 15.9 Å². The van der Waals surface area contributed by atoms with Gasteiger partial charge < -0.3 is 15.6 Å². The molecule has 1 rings (SSSR count). The normalized spacial score (nSPS) is 14.9. The Bertz CT molecular complexity index is 315. The van der Waals surface area contributed by atoms with Crippen LogP contribution in [0.25, 0.3) is 0 Å². The van der Waals surface area contributed by atoms with E-state index in [2.05, 4.69) is 15.9 Å². The summed E-state index contributed by atoms with van der Waals surface area (Å²) in [5, 5.41) is 9.70. The van der Waals surface area contributed by atoms with E-state index in [1.807, 2.05) is 6.07 Å². The highest BCUT2D eigenvalue weighted by Gasteiger charge is 2.13. The van der Waals surface area contributed by atoms with Crippen LogP contribution in [0.5, 0.6) is 5.75 Å². The molecule has 78 valence electrons. The van der Waals surface area contributed by atoms with Crippen LogP contribution in [-0.2, 0) is 0 Å². The van der Waals surface area contributed by atoms with E-state index < -0.39 is 6.10 Å². The summed E-state index contributed by atoms with van der Waals surface area (Å²) in [4.78, 5) is 0. The number of nitrogens with two attached hydrogens (primary N) is 1. The highest BCUT2D eigenvalue weighted by molar-refractivity contribution is 9.10. The molecular weight excluding hydrogens is 246 g/mol. The molecule has 0 saturated heterocycles. The summed E-state index contributed by atoms with van der Waals surface area (Å²) in [5.74, 6) is 0.741. The third kappa shape index (κ3) is 2.47. The lowest BCUT2D eigenvalue weighted by Gasteiger charge is -2.15. The van der Waals surface area contributed by atoms with Gasteiger partial charge >= 0.3 is 0 Å². The Morgan fingerprint density at radius 1 is 1.50 bits per heavy atom. The van der Waals surface area contributed by atoms with Crippen molar-refractivity contribution in [2.24, 2.45) is 5.73 Å². The van der Waals surface area contributed by atoms with Crippen molar-refractivity contribution in [3.8, 4) is 5.75 Å². The van der Waals surface area contributed by atoms with Gasteiger partial charge in [0.2, 0.25) is 0 Å². The van der Waals surface area contributed by atoms with E-state index >= 15 is 0 Å². The first-order chi connectivity index (χ1) is 6.56. The van der Waals surface area contributed by atoms with Crippen molar-refractivity contribution in [3.05, 3.63) is 28.2 Å². The van der Waals surface area contributed by atoms with Crippen molar-refractivity contribution in [1.29, 1.82) is 0 Å². The van der Waals surface area contributed by atoms with Crippen molar-refractivity contribution < 1.29 is 9.84 Å². The Hall–Kier alpha value is -0.580. The van der Waals surface area contributed by atoms with Crippen LogP contribution in [0, 0.1) is 0 Å². The zero-order chi connectivity index (χ0) is 10.7. The summed E-state index contributed by atoms with van der Waals surface area (Å²) in [6, 6.07) is 5.13. The van der Waals surface area contributed by atoms with Crippen LogP contribution in [0.3, 0.4) is 0 Å². The quantitative estimate of drug-likeness (QED) is 0.871. The Morgan fingerprint density at radius 2 is 2.14 bits per heavy atom. The lowest BCUT2D eigenvalue weighted by Crippen LogP contribution is -2.24. The first kappa shape index (κ1) is 11.5. The summed E-state index contributed by atoms with van der Waals surface area (Å²) in [7, 11) is 1.60. The molecule has 2 atom stereocenters. The van der Waals surface area contributed by atoms with Crippen molar-refractivity contribution in [2.75, 3.05) is 7.11 Å². The summed E-state index contributed by atoms with van der Waals surface area (Å²) in [5.41, 5.74) is 6.38. The second kappa shape index (κ2) is 4.77. The van der Waals surface area contributed by atoms with E-state index in [0.29, 0.717) is 0 Å². The smallest absolute Gasteiger partial charge is 0.133 e. The molecule has 3 nitrogen and oxygen atoms in total. The Labute approximate surface area is 92.0 Å². The molecule has 2 unspecified atom stereocenters. The minimum Gasteiger partial charge on any atom is -0.496 e. The molecule has 4 heteroatoms. The molecule has 0 radical (unpaired) electrons. The van der Waals surface area contributed by atoms with Crippen molar-refractivity contribution in [2.45, 2.75) is 19.1 Å². The van der Waals surface area contributed by atoms with Gasteiger partial charge in [-0.2, -0.15) is 0 Å². The Balaban J connectivity index is 2.96. The number of halogens is 1. The number of methoxy groups -OCH3 is 1. The van der Waals surface area contributed by atoms with E-state index in [0.717, 1.165) is 15.8 Å². The van der Waals surface area contributed by atoms with Crippen molar-refractivity contribution in [3.63, 3.8) is 0 Å². The number of ether oxygens (including phenoxy) is 1. The number of aliphatic hydroxyl groups excluding tert-OH is 1. The molecular formula is C10H14BrNO2. The average Bonchev–Trinajstić information content (AvgIpc) is 2.16. The van der Waals surface area contributed by atoms with Gasteiger partial charge in [0.1, 0.15) is 5.75 Å². The number of rotatable bonds is 3. The first-order valence-corrected chi connectivity index (χ1v) is 5.12. The third-order valence-electron chi connectivity index (χ3n) is 2.02. The van der Waals surface area contributed by atoms with E-state index in [1.54, 1.807) is 26.2 Å². The molecule has 0 aliphatic rings. The molecule has 0 aromatic heterocycles. The van der Waals surface area contributed by atoms with Crippen LogP contribution >= 0.6 is 15.9 Å². The zero-order valence-electron chi connectivity index (χ0n) is 8.20. The number of hydrogen-bond donors (Lipinski definition) is 2. The van der Waals surface area contributed by atoms with Crippen LogP contribution in [0.4, 0.5) is 0 Å². The van der Waals surface area contributed by atoms with Gasteiger partial charge in [0, 0.05) is 6.04 Å². The van der Waals surface area contributed by atoms with E-state index in [1.165, 1.54) is 0 Å². The topological polar surface area (TPSA) is 55.5 Å². The summed E-state index contributed by atoms with van der Waals surface area (Å²) < 4.78 is 5.90. The van der Waals surface area contributed by atoms with Gasteiger partial charge in [-0.25, -0.2) is 0 Å². The standard InChI is InChI=1S/C10H14BrNO2/c1-6(12)10(13)7-3-4-9(14-2)8(11)5-7/h3-6,10,13H,12H2,1-2H3. The average molecular weight is 260 g/mol.